The third-order valence-corrected chi connectivity index (χ3v) is 4.88. The number of carbonyl (C=O) groups excluding carboxylic acids is 1. The molecule has 2 aromatic rings. The molecule has 1 saturated heterocycles. The van der Waals surface area contributed by atoms with Crippen LogP contribution in [0.15, 0.2) is 16.5 Å². The second-order valence-electron chi connectivity index (χ2n) is 6.49. The maximum absolute atomic E-state index is 12.5. The fraction of sp³-hybridized carbons (Fsp3) is 0.500. The Bertz CT molecular complexity index is 720. The van der Waals surface area contributed by atoms with Crippen LogP contribution in [0.5, 0.6) is 0 Å². The van der Waals surface area contributed by atoms with Crippen LogP contribution in [0.2, 0.25) is 0 Å². The van der Waals surface area contributed by atoms with Crippen LogP contribution in [0.25, 0.3) is 11.0 Å². The zero-order valence-electron chi connectivity index (χ0n) is 13.7. The van der Waals surface area contributed by atoms with Crippen molar-refractivity contribution >= 4 is 16.9 Å². The summed E-state index contributed by atoms with van der Waals surface area (Å²) in [5.41, 5.74) is 4.03. The number of fused-ring (bicyclic) bond motifs is 1. The lowest BCUT2D eigenvalue weighted by Gasteiger charge is -2.40. The normalized spacial score (nSPS) is 16.5. The van der Waals surface area contributed by atoms with Crippen molar-refractivity contribution in [3.8, 4) is 0 Å². The van der Waals surface area contributed by atoms with Gasteiger partial charge in [0.1, 0.15) is 5.58 Å². The van der Waals surface area contributed by atoms with Gasteiger partial charge in [-0.05, 0) is 38.3 Å². The first-order chi connectivity index (χ1) is 10.5. The van der Waals surface area contributed by atoms with Crippen molar-refractivity contribution in [3.63, 3.8) is 0 Å². The lowest BCUT2D eigenvalue weighted by atomic mass is 9.83. The Balaban J connectivity index is 1.87. The lowest BCUT2D eigenvalue weighted by molar-refractivity contribution is -0.111. The van der Waals surface area contributed by atoms with Gasteiger partial charge in [-0.3, -0.25) is 4.79 Å². The number of furan rings is 1. The van der Waals surface area contributed by atoms with Crippen molar-refractivity contribution in [3.05, 3.63) is 34.6 Å². The van der Waals surface area contributed by atoms with Crippen molar-refractivity contribution < 1.29 is 13.9 Å². The Morgan fingerprint density at radius 2 is 1.91 bits per heavy atom. The number of rotatable bonds is 4. The monoisotopic (exact) mass is 301 g/mol. The summed E-state index contributed by atoms with van der Waals surface area (Å²) < 4.78 is 11.2. The van der Waals surface area contributed by atoms with E-state index in [9.17, 15) is 4.79 Å². The molecule has 1 amide bonds. The van der Waals surface area contributed by atoms with Gasteiger partial charge in [0.25, 0.3) is 5.91 Å². The van der Waals surface area contributed by atoms with E-state index in [2.05, 4.69) is 18.3 Å². The summed E-state index contributed by atoms with van der Waals surface area (Å²) in [5, 5.41) is 4.08. The Morgan fingerprint density at radius 3 is 2.45 bits per heavy atom. The van der Waals surface area contributed by atoms with Crippen molar-refractivity contribution in [1.29, 1.82) is 0 Å². The highest BCUT2D eigenvalue weighted by molar-refractivity contribution is 6.00. The van der Waals surface area contributed by atoms with Gasteiger partial charge in [0.2, 0.25) is 0 Å². The first kappa shape index (κ1) is 15.1. The molecule has 0 spiro atoms. The highest BCUT2D eigenvalue weighted by Crippen LogP contribution is 2.32. The number of amides is 1. The number of ether oxygens (including phenoxy) is 1. The second-order valence-corrected chi connectivity index (χ2v) is 6.49. The number of hydrogen-bond donors (Lipinski definition) is 1. The Morgan fingerprint density at radius 1 is 1.23 bits per heavy atom. The van der Waals surface area contributed by atoms with Crippen LogP contribution in [-0.2, 0) is 4.74 Å². The number of aryl methyl sites for hydroxylation is 3. The van der Waals surface area contributed by atoms with E-state index in [1.54, 1.807) is 0 Å². The van der Waals surface area contributed by atoms with Gasteiger partial charge < -0.3 is 14.5 Å². The summed E-state index contributed by atoms with van der Waals surface area (Å²) in [6, 6.07) is 4.10. The second kappa shape index (κ2) is 5.43. The van der Waals surface area contributed by atoms with Gasteiger partial charge in [-0.1, -0.05) is 19.1 Å². The quantitative estimate of drug-likeness (QED) is 0.940. The van der Waals surface area contributed by atoms with Crippen molar-refractivity contribution in [2.45, 2.75) is 34.1 Å². The van der Waals surface area contributed by atoms with E-state index >= 15 is 0 Å². The summed E-state index contributed by atoms with van der Waals surface area (Å²) in [4.78, 5) is 12.5. The smallest absolute Gasteiger partial charge is 0.287 e. The minimum absolute atomic E-state index is 0.0986. The van der Waals surface area contributed by atoms with Gasteiger partial charge in [0.05, 0.1) is 13.2 Å². The molecule has 0 unspecified atom stereocenters. The predicted octanol–water partition coefficient (Wildman–Crippen LogP) is 3.51. The van der Waals surface area contributed by atoms with Gasteiger partial charge in [-0.25, -0.2) is 0 Å². The van der Waals surface area contributed by atoms with Crippen LogP contribution in [0.1, 0.15) is 40.6 Å². The largest absolute Gasteiger partial charge is 0.450 e. The van der Waals surface area contributed by atoms with E-state index in [-0.39, 0.29) is 11.3 Å². The van der Waals surface area contributed by atoms with Crippen LogP contribution < -0.4 is 5.32 Å². The molecule has 1 N–H and O–H groups in total. The molecule has 1 aromatic heterocycles. The Hall–Kier alpha value is -1.81. The van der Waals surface area contributed by atoms with Crippen LogP contribution in [0, 0.1) is 26.2 Å². The van der Waals surface area contributed by atoms with E-state index in [4.69, 9.17) is 9.15 Å². The minimum Gasteiger partial charge on any atom is -0.450 e. The van der Waals surface area contributed by atoms with Crippen LogP contribution in [0.3, 0.4) is 0 Å². The molecule has 1 aliphatic rings. The summed E-state index contributed by atoms with van der Waals surface area (Å²) >= 11 is 0. The first-order valence-corrected chi connectivity index (χ1v) is 7.83. The van der Waals surface area contributed by atoms with E-state index in [0.717, 1.165) is 47.3 Å². The van der Waals surface area contributed by atoms with Gasteiger partial charge in [-0.2, -0.15) is 0 Å². The fourth-order valence-corrected chi connectivity index (χ4v) is 3.06. The highest BCUT2D eigenvalue weighted by Gasteiger charge is 2.37. The van der Waals surface area contributed by atoms with Crippen LogP contribution >= 0.6 is 0 Å². The average molecular weight is 301 g/mol. The van der Waals surface area contributed by atoms with Gasteiger partial charge in [0, 0.05) is 22.9 Å². The molecular weight excluding hydrogens is 278 g/mol. The van der Waals surface area contributed by atoms with E-state index in [1.807, 2.05) is 26.8 Å². The number of nitrogens with one attached hydrogen (secondary N) is 1. The molecule has 0 saturated carbocycles. The summed E-state index contributed by atoms with van der Waals surface area (Å²) in [5.74, 6) is 0.297. The van der Waals surface area contributed by atoms with Gasteiger partial charge in [-0.15, -0.1) is 0 Å². The molecule has 3 rings (SSSR count). The van der Waals surface area contributed by atoms with Gasteiger partial charge in [0.15, 0.2) is 5.76 Å². The van der Waals surface area contributed by atoms with Crippen LogP contribution in [0.4, 0.5) is 0 Å². The van der Waals surface area contributed by atoms with Crippen molar-refractivity contribution in [2.24, 2.45) is 5.41 Å². The maximum atomic E-state index is 12.5. The fourth-order valence-electron chi connectivity index (χ4n) is 3.06. The maximum Gasteiger partial charge on any atom is 0.287 e. The summed E-state index contributed by atoms with van der Waals surface area (Å²) in [6.07, 6.45) is 1.00. The Labute approximate surface area is 130 Å². The molecule has 1 aliphatic heterocycles. The minimum atomic E-state index is -0.132. The van der Waals surface area contributed by atoms with E-state index < -0.39 is 0 Å². The summed E-state index contributed by atoms with van der Waals surface area (Å²) in [6.45, 7) is 10.2. The molecule has 0 bridgehead atoms. The molecule has 0 radical (unpaired) electrons. The Kier molecular flexibility index (Phi) is 3.73. The lowest BCUT2D eigenvalue weighted by Crippen LogP contribution is -2.50. The summed E-state index contributed by atoms with van der Waals surface area (Å²) in [7, 11) is 0. The topological polar surface area (TPSA) is 51.5 Å². The standard InChI is InChI=1S/C18H23NO3/c1-5-18(9-21-10-18)8-19-17(20)16-13(4)14-11(2)6-7-12(3)15(14)22-16/h6-7H,5,8-10H2,1-4H3,(H,19,20). The number of benzene rings is 1. The zero-order chi connectivity index (χ0) is 15.9. The molecule has 1 fully saturated rings. The van der Waals surface area contributed by atoms with Crippen LogP contribution in [-0.4, -0.2) is 25.7 Å². The van der Waals surface area contributed by atoms with Crippen molar-refractivity contribution in [1.82, 2.24) is 5.32 Å². The number of hydrogen-bond acceptors (Lipinski definition) is 3. The third kappa shape index (κ3) is 2.31. The zero-order valence-corrected chi connectivity index (χ0v) is 13.7. The number of carbonyl (C=O) groups is 1. The average Bonchev–Trinajstić information content (AvgIpc) is 2.81. The van der Waals surface area contributed by atoms with Gasteiger partial charge >= 0.3 is 0 Å². The van der Waals surface area contributed by atoms with Crippen molar-refractivity contribution in [2.75, 3.05) is 19.8 Å². The molecule has 4 nitrogen and oxygen atoms in total. The molecule has 1 aromatic carbocycles. The van der Waals surface area contributed by atoms with E-state index in [0.29, 0.717) is 12.3 Å². The first-order valence-electron chi connectivity index (χ1n) is 7.83. The third-order valence-electron chi connectivity index (χ3n) is 4.88. The molecule has 0 atom stereocenters. The van der Waals surface area contributed by atoms with E-state index in [1.165, 1.54) is 0 Å². The molecule has 4 heteroatoms. The molecule has 0 aliphatic carbocycles. The molecule has 2 heterocycles. The highest BCUT2D eigenvalue weighted by atomic mass is 16.5. The molecule has 22 heavy (non-hydrogen) atoms. The molecule has 118 valence electrons. The predicted molar refractivity (Wildman–Crippen MR) is 86.3 cm³/mol. The SMILES string of the molecule is CCC1(CNC(=O)c2oc3c(C)ccc(C)c3c2C)COC1. The molecular formula is C18H23NO3.